The molecule has 1 heterocycles. The maximum atomic E-state index is 14.1. The third-order valence-electron chi connectivity index (χ3n) is 3.36. The lowest BCUT2D eigenvalue weighted by Crippen LogP contribution is -2.37. The number of hydrogen-bond donors (Lipinski definition) is 1. The van der Waals surface area contributed by atoms with Gasteiger partial charge in [0.15, 0.2) is 0 Å². The minimum atomic E-state index is -1.45. The van der Waals surface area contributed by atoms with E-state index in [9.17, 15) is 18.0 Å². The van der Waals surface area contributed by atoms with Crippen molar-refractivity contribution in [3.8, 4) is 0 Å². The van der Waals surface area contributed by atoms with Gasteiger partial charge in [0, 0.05) is 26.3 Å². The first-order valence-electron chi connectivity index (χ1n) is 6.57. The lowest BCUT2D eigenvalue weighted by atomic mass is 10.1. The van der Waals surface area contributed by atoms with Gasteiger partial charge in [0.2, 0.25) is 5.91 Å². The summed E-state index contributed by atoms with van der Waals surface area (Å²) in [6.45, 7) is 0.462. The van der Waals surface area contributed by atoms with Crippen LogP contribution in [0.15, 0.2) is 18.2 Å². The molecule has 1 aromatic carbocycles. The van der Waals surface area contributed by atoms with Crippen LogP contribution in [0.2, 0.25) is 0 Å². The van der Waals surface area contributed by atoms with E-state index in [-0.39, 0.29) is 25.4 Å². The molecule has 1 aromatic rings. The minimum Gasteiger partial charge on any atom is -0.381 e. The molecule has 1 saturated heterocycles. The Labute approximate surface area is 120 Å². The average molecular weight is 302 g/mol. The van der Waals surface area contributed by atoms with Crippen molar-refractivity contribution in [3.05, 3.63) is 29.8 Å². The van der Waals surface area contributed by atoms with E-state index in [4.69, 9.17) is 4.74 Å². The largest absolute Gasteiger partial charge is 0.381 e. The molecule has 116 valence electrons. The molecule has 1 aliphatic rings. The number of anilines is 1. The maximum absolute atomic E-state index is 14.1. The Morgan fingerprint density at radius 3 is 2.90 bits per heavy atom. The van der Waals surface area contributed by atoms with Gasteiger partial charge in [0.25, 0.3) is 0 Å². The molecule has 4 nitrogen and oxygen atoms in total. The van der Waals surface area contributed by atoms with Gasteiger partial charge in [0.05, 0.1) is 18.8 Å². The van der Waals surface area contributed by atoms with Crippen LogP contribution in [0.5, 0.6) is 0 Å². The lowest BCUT2D eigenvalue weighted by Gasteiger charge is -2.19. The Hall–Kier alpha value is -1.60. The monoisotopic (exact) mass is 302 g/mol. The summed E-state index contributed by atoms with van der Waals surface area (Å²) in [5.41, 5.74) is -1.54. The first-order chi connectivity index (χ1) is 9.92. The Morgan fingerprint density at radius 1 is 1.48 bits per heavy atom. The molecule has 1 aliphatic heterocycles. The third-order valence-corrected chi connectivity index (χ3v) is 3.36. The fourth-order valence-corrected chi connectivity index (χ4v) is 2.41. The number of nitrogens with zero attached hydrogens (tertiary/aromatic N) is 1. The van der Waals surface area contributed by atoms with E-state index in [1.54, 1.807) is 4.90 Å². The second kappa shape index (κ2) is 6.44. The van der Waals surface area contributed by atoms with Gasteiger partial charge in [-0.1, -0.05) is 0 Å². The third kappa shape index (κ3) is 4.18. The van der Waals surface area contributed by atoms with Crippen LogP contribution < -0.4 is 5.32 Å². The van der Waals surface area contributed by atoms with Gasteiger partial charge in [-0.2, -0.15) is 0 Å². The van der Waals surface area contributed by atoms with Crippen molar-refractivity contribution >= 4 is 11.6 Å². The second-order valence-corrected chi connectivity index (χ2v) is 5.22. The number of methoxy groups -OCH3 is 1. The van der Waals surface area contributed by atoms with E-state index < -0.39 is 23.2 Å². The zero-order valence-corrected chi connectivity index (χ0v) is 11.7. The number of nitrogens with one attached hydrogen (secondary N) is 1. The number of halogens is 3. The summed E-state index contributed by atoms with van der Waals surface area (Å²) in [5, 5.41) is 2.35. The Morgan fingerprint density at radius 2 is 2.24 bits per heavy atom. The molecule has 0 aliphatic carbocycles. The quantitative estimate of drug-likeness (QED) is 0.904. The number of hydrogen-bond acceptors (Lipinski definition) is 3. The molecule has 0 saturated carbocycles. The van der Waals surface area contributed by atoms with Crippen molar-refractivity contribution in [2.75, 3.05) is 38.7 Å². The zero-order valence-electron chi connectivity index (χ0n) is 11.7. The fraction of sp³-hybridized carbons (Fsp3) is 0.500. The van der Waals surface area contributed by atoms with Crippen LogP contribution in [0.1, 0.15) is 6.42 Å². The number of likely N-dealkylation sites (tertiary alicyclic amines) is 1. The number of carbonyl (C=O) groups is 1. The van der Waals surface area contributed by atoms with Crippen LogP contribution in [0.25, 0.3) is 0 Å². The average Bonchev–Trinajstić information content (AvgIpc) is 2.74. The molecule has 0 aromatic heterocycles. The van der Waals surface area contributed by atoms with Crippen LogP contribution in [-0.4, -0.2) is 49.8 Å². The first kappa shape index (κ1) is 15.8. The van der Waals surface area contributed by atoms with E-state index in [1.807, 2.05) is 0 Å². The SMILES string of the molecule is COCC1(F)CCN(CC(=O)Nc2ccc(F)cc2F)C1. The molecule has 0 radical (unpaired) electrons. The van der Waals surface area contributed by atoms with Gasteiger partial charge in [-0.15, -0.1) is 0 Å². The number of ether oxygens (including phenoxy) is 1. The van der Waals surface area contributed by atoms with Gasteiger partial charge < -0.3 is 10.1 Å². The molecule has 7 heteroatoms. The van der Waals surface area contributed by atoms with Crippen molar-refractivity contribution in [3.63, 3.8) is 0 Å². The maximum Gasteiger partial charge on any atom is 0.238 e. The predicted octanol–water partition coefficient (Wildman–Crippen LogP) is 1.96. The molecule has 1 amide bonds. The molecule has 21 heavy (non-hydrogen) atoms. The summed E-state index contributed by atoms with van der Waals surface area (Å²) < 4.78 is 45.1. The second-order valence-electron chi connectivity index (χ2n) is 5.22. The molecule has 1 atom stereocenters. The molecule has 1 N–H and O–H groups in total. The Bertz CT molecular complexity index is 527. The summed E-state index contributed by atoms with van der Waals surface area (Å²) in [6.07, 6.45) is 0.291. The number of alkyl halides is 1. The van der Waals surface area contributed by atoms with E-state index in [1.165, 1.54) is 7.11 Å². The van der Waals surface area contributed by atoms with Gasteiger partial charge >= 0.3 is 0 Å². The number of rotatable bonds is 5. The topological polar surface area (TPSA) is 41.6 Å². The van der Waals surface area contributed by atoms with Gasteiger partial charge in [-0.25, -0.2) is 13.2 Å². The summed E-state index contributed by atoms with van der Waals surface area (Å²) in [7, 11) is 1.42. The highest BCUT2D eigenvalue weighted by Gasteiger charge is 2.38. The first-order valence-corrected chi connectivity index (χ1v) is 6.57. The molecular weight excluding hydrogens is 285 g/mol. The van der Waals surface area contributed by atoms with E-state index in [0.717, 1.165) is 12.1 Å². The highest BCUT2D eigenvalue weighted by molar-refractivity contribution is 5.92. The predicted molar refractivity (Wildman–Crippen MR) is 71.8 cm³/mol. The molecule has 2 rings (SSSR count). The summed E-state index contributed by atoms with van der Waals surface area (Å²) in [4.78, 5) is 13.4. The Balaban J connectivity index is 1.88. The molecular formula is C14H17F3N2O2. The lowest BCUT2D eigenvalue weighted by molar-refractivity contribution is -0.117. The molecule has 0 bridgehead atoms. The highest BCUT2D eigenvalue weighted by atomic mass is 19.1. The van der Waals surface area contributed by atoms with Crippen LogP contribution in [0.4, 0.5) is 18.9 Å². The molecule has 1 fully saturated rings. The van der Waals surface area contributed by atoms with Crippen LogP contribution in [0.3, 0.4) is 0 Å². The normalized spacial score (nSPS) is 22.5. The molecule has 1 unspecified atom stereocenters. The number of carbonyl (C=O) groups excluding carboxylic acids is 1. The smallest absolute Gasteiger partial charge is 0.238 e. The summed E-state index contributed by atoms with van der Waals surface area (Å²) in [6, 6.07) is 2.90. The van der Waals surface area contributed by atoms with Crippen LogP contribution >= 0.6 is 0 Å². The Kier molecular flexibility index (Phi) is 4.84. The van der Waals surface area contributed by atoms with Gasteiger partial charge in [-0.05, 0) is 18.6 Å². The number of amides is 1. The highest BCUT2D eigenvalue weighted by Crippen LogP contribution is 2.25. The summed E-state index contributed by atoms with van der Waals surface area (Å²) in [5.74, 6) is -2.03. The van der Waals surface area contributed by atoms with Crippen molar-refractivity contribution < 1.29 is 22.7 Å². The van der Waals surface area contributed by atoms with Crippen LogP contribution in [-0.2, 0) is 9.53 Å². The zero-order chi connectivity index (χ0) is 15.5. The van der Waals surface area contributed by atoms with E-state index in [0.29, 0.717) is 19.0 Å². The summed E-state index contributed by atoms with van der Waals surface area (Å²) >= 11 is 0. The van der Waals surface area contributed by atoms with Crippen molar-refractivity contribution in [1.29, 1.82) is 0 Å². The standard InChI is InChI=1S/C14H17F3N2O2/c1-21-9-14(17)4-5-19(8-14)7-13(20)18-12-3-2-10(15)6-11(12)16/h2-3,6H,4-5,7-9H2,1H3,(H,18,20). The number of benzene rings is 1. The van der Waals surface area contributed by atoms with Crippen molar-refractivity contribution in [2.45, 2.75) is 12.1 Å². The van der Waals surface area contributed by atoms with Crippen LogP contribution in [0, 0.1) is 11.6 Å². The fourth-order valence-electron chi connectivity index (χ4n) is 2.41. The van der Waals surface area contributed by atoms with Gasteiger partial charge in [0.1, 0.15) is 17.3 Å². The van der Waals surface area contributed by atoms with E-state index in [2.05, 4.69) is 5.32 Å². The van der Waals surface area contributed by atoms with Crippen molar-refractivity contribution in [2.24, 2.45) is 0 Å². The molecule has 0 spiro atoms. The minimum absolute atomic E-state index is 0.0162. The van der Waals surface area contributed by atoms with E-state index >= 15 is 0 Å². The van der Waals surface area contributed by atoms with Gasteiger partial charge in [-0.3, -0.25) is 9.69 Å². The van der Waals surface area contributed by atoms with Crippen molar-refractivity contribution in [1.82, 2.24) is 4.90 Å².